The zero-order valence-corrected chi connectivity index (χ0v) is 13.7. The summed E-state index contributed by atoms with van der Waals surface area (Å²) in [5, 5.41) is 3.46. The summed E-state index contributed by atoms with van der Waals surface area (Å²) >= 11 is 0. The Hall–Kier alpha value is -1.20. The molecule has 1 saturated heterocycles. The van der Waals surface area contributed by atoms with Crippen LogP contribution in [-0.4, -0.2) is 47.7 Å². The molecule has 1 fully saturated rings. The Bertz CT molecular complexity index is 448. The molecule has 5 nitrogen and oxygen atoms in total. The van der Waals surface area contributed by atoms with Crippen molar-refractivity contribution >= 4 is 0 Å². The van der Waals surface area contributed by atoms with Crippen LogP contribution in [0.3, 0.4) is 0 Å². The van der Waals surface area contributed by atoms with Gasteiger partial charge in [0.2, 0.25) is 5.88 Å². The number of nitrogens with one attached hydrogen (secondary N) is 1. The number of hydrogen-bond donors (Lipinski definition) is 1. The molecule has 1 aromatic heterocycles. The monoisotopic (exact) mass is 292 g/mol. The van der Waals surface area contributed by atoms with Gasteiger partial charge in [-0.3, -0.25) is 9.88 Å². The molecule has 0 saturated carbocycles. The molecule has 2 unspecified atom stereocenters. The van der Waals surface area contributed by atoms with Gasteiger partial charge in [0.25, 0.3) is 0 Å². The Kier molecular flexibility index (Phi) is 5.53. The molecule has 21 heavy (non-hydrogen) atoms. The highest BCUT2D eigenvalue weighted by molar-refractivity contribution is 5.25. The van der Waals surface area contributed by atoms with Crippen molar-refractivity contribution in [3.63, 3.8) is 0 Å². The summed E-state index contributed by atoms with van der Waals surface area (Å²) in [6.45, 7) is 6.89. The van der Waals surface area contributed by atoms with Gasteiger partial charge in [-0.25, -0.2) is 4.98 Å². The molecule has 1 aromatic rings. The normalized spacial score (nSPS) is 20.8. The Morgan fingerprint density at radius 1 is 1.29 bits per heavy atom. The van der Waals surface area contributed by atoms with Gasteiger partial charge in [0, 0.05) is 17.9 Å². The second-order valence-corrected chi connectivity index (χ2v) is 5.93. The second-order valence-electron chi connectivity index (χ2n) is 5.93. The zero-order chi connectivity index (χ0) is 15.3. The maximum absolute atomic E-state index is 5.42. The van der Waals surface area contributed by atoms with Crippen LogP contribution in [0.5, 0.6) is 5.88 Å². The summed E-state index contributed by atoms with van der Waals surface area (Å²) in [4.78, 5) is 11.5. The number of likely N-dealkylation sites (N-methyl/N-ethyl adjacent to an activating group) is 1. The Morgan fingerprint density at radius 3 is 2.52 bits per heavy atom. The highest BCUT2D eigenvalue weighted by Crippen LogP contribution is 2.37. The van der Waals surface area contributed by atoms with Crippen molar-refractivity contribution in [3.8, 4) is 5.88 Å². The topological polar surface area (TPSA) is 50.3 Å². The first-order valence-corrected chi connectivity index (χ1v) is 7.94. The SMILES string of the molecule is CCC(C)(C(NC)c1nccnc1OC)N1CCCCC1. The van der Waals surface area contributed by atoms with Crippen molar-refractivity contribution in [2.45, 2.75) is 51.1 Å². The van der Waals surface area contributed by atoms with Crippen LogP contribution in [0.25, 0.3) is 0 Å². The van der Waals surface area contributed by atoms with Gasteiger partial charge in [0.05, 0.1) is 13.2 Å². The van der Waals surface area contributed by atoms with E-state index in [1.165, 1.54) is 19.3 Å². The van der Waals surface area contributed by atoms with Crippen LogP contribution in [-0.2, 0) is 0 Å². The molecule has 1 N–H and O–H groups in total. The third-order valence-corrected chi connectivity index (χ3v) is 4.86. The maximum atomic E-state index is 5.42. The molecule has 1 aliphatic heterocycles. The van der Waals surface area contributed by atoms with E-state index < -0.39 is 0 Å². The summed E-state index contributed by atoms with van der Waals surface area (Å²) in [6.07, 6.45) is 8.38. The lowest BCUT2D eigenvalue weighted by atomic mass is 9.83. The van der Waals surface area contributed by atoms with Crippen molar-refractivity contribution in [3.05, 3.63) is 18.1 Å². The second kappa shape index (κ2) is 7.18. The summed E-state index contributed by atoms with van der Waals surface area (Å²) in [7, 11) is 3.65. The van der Waals surface area contributed by atoms with Crippen LogP contribution in [0.1, 0.15) is 51.3 Å². The van der Waals surface area contributed by atoms with E-state index in [9.17, 15) is 0 Å². The zero-order valence-electron chi connectivity index (χ0n) is 13.7. The molecular formula is C16H28N4O. The molecule has 118 valence electrons. The lowest BCUT2D eigenvalue weighted by Gasteiger charge is -2.47. The first-order chi connectivity index (χ1) is 10.2. The molecule has 0 amide bonds. The standard InChI is InChI=1S/C16H28N4O/c1-5-16(2,20-11-7-6-8-12-20)14(17-3)13-15(21-4)19-10-9-18-13/h9-10,14,17H,5-8,11-12H2,1-4H3. The van der Waals surface area contributed by atoms with Gasteiger partial charge in [0.1, 0.15) is 5.69 Å². The molecule has 0 aromatic carbocycles. The van der Waals surface area contributed by atoms with E-state index in [0.29, 0.717) is 5.88 Å². The first kappa shape index (κ1) is 16.2. The predicted molar refractivity (Wildman–Crippen MR) is 84.5 cm³/mol. The number of ether oxygens (including phenoxy) is 1. The molecule has 0 aliphatic carbocycles. The van der Waals surface area contributed by atoms with Gasteiger partial charge in [-0.15, -0.1) is 0 Å². The minimum absolute atomic E-state index is 0.0124. The van der Waals surface area contributed by atoms with E-state index >= 15 is 0 Å². The molecule has 0 spiro atoms. The molecule has 5 heteroatoms. The number of nitrogens with zero attached hydrogens (tertiary/aromatic N) is 3. The third kappa shape index (κ3) is 3.19. The first-order valence-electron chi connectivity index (χ1n) is 7.94. The van der Waals surface area contributed by atoms with Gasteiger partial charge in [0.15, 0.2) is 0 Å². The molecular weight excluding hydrogens is 264 g/mol. The van der Waals surface area contributed by atoms with Crippen LogP contribution in [0.2, 0.25) is 0 Å². The van der Waals surface area contributed by atoms with Crippen molar-refractivity contribution < 1.29 is 4.74 Å². The van der Waals surface area contributed by atoms with Gasteiger partial charge in [-0.05, 0) is 46.3 Å². The van der Waals surface area contributed by atoms with E-state index in [-0.39, 0.29) is 11.6 Å². The van der Waals surface area contributed by atoms with E-state index in [4.69, 9.17) is 4.74 Å². The number of piperidine rings is 1. The Labute approximate surface area is 128 Å². The number of likely N-dealkylation sites (tertiary alicyclic amines) is 1. The minimum atomic E-state index is 0.0124. The molecule has 2 heterocycles. The third-order valence-electron chi connectivity index (χ3n) is 4.86. The summed E-state index contributed by atoms with van der Waals surface area (Å²) < 4.78 is 5.42. The van der Waals surface area contributed by atoms with E-state index in [1.54, 1.807) is 19.5 Å². The van der Waals surface area contributed by atoms with Gasteiger partial charge in [-0.1, -0.05) is 13.3 Å². The highest BCUT2D eigenvalue weighted by Gasteiger charge is 2.41. The van der Waals surface area contributed by atoms with E-state index in [0.717, 1.165) is 25.2 Å². The summed E-state index contributed by atoms with van der Waals surface area (Å²) in [6, 6.07) is 0.101. The van der Waals surface area contributed by atoms with Gasteiger partial charge in [-0.2, -0.15) is 0 Å². The van der Waals surface area contributed by atoms with E-state index in [1.807, 2.05) is 7.05 Å². The summed E-state index contributed by atoms with van der Waals surface area (Å²) in [5.74, 6) is 0.619. The molecule has 2 rings (SSSR count). The fourth-order valence-electron chi connectivity index (χ4n) is 3.45. The number of rotatable bonds is 6. The number of aromatic nitrogens is 2. The Balaban J connectivity index is 2.36. The van der Waals surface area contributed by atoms with Crippen molar-refractivity contribution in [1.82, 2.24) is 20.2 Å². The fraction of sp³-hybridized carbons (Fsp3) is 0.750. The largest absolute Gasteiger partial charge is 0.480 e. The lowest BCUT2D eigenvalue weighted by Crippen LogP contribution is -2.55. The predicted octanol–water partition coefficient (Wildman–Crippen LogP) is 2.40. The molecule has 0 radical (unpaired) electrons. The molecule has 2 atom stereocenters. The average Bonchev–Trinajstić information content (AvgIpc) is 2.56. The van der Waals surface area contributed by atoms with Crippen molar-refractivity contribution in [2.24, 2.45) is 0 Å². The Morgan fingerprint density at radius 2 is 1.95 bits per heavy atom. The molecule has 1 aliphatic rings. The van der Waals surface area contributed by atoms with Gasteiger partial charge >= 0.3 is 0 Å². The highest BCUT2D eigenvalue weighted by atomic mass is 16.5. The fourth-order valence-corrected chi connectivity index (χ4v) is 3.45. The average molecular weight is 292 g/mol. The number of hydrogen-bond acceptors (Lipinski definition) is 5. The minimum Gasteiger partial charge on any atom is -0.480 e. The van der Waals surface area contributed by atoms with Crippen molar-refractivity contribution in [1.29, 1.82) is 0 Å². The van der Waals surface area contributed by atoms with Crippen LogP contribution in [0.15, 0.2) is 12.4 Å². The molecule has 0 bridgehead atoms. The van der Waals surface area contributed by atoms with Crippen LogP contribution in [0, 0.1) is 0 Å². The maximum Gasteiger partial charge on any atom is 0.237 e. The van der Waals surface area contributed by atoms with Crippen LogP contribution in [0.4, 0.5) is 0 Å². The van der Waals surface area contributed by atoms with Gasteiger partial charge < -0.3 is 10.1 Å². The number of methoxy groups -OCH3 is 1. The summed E-state index contributed by atoms with van der Waals surface area (Å²) in [5.41, 5.74) is 0.913. The van der Waals surface area contributed by atoms with E-state index in [2.05, 4.69) is 34.0 Å². The lowest BCUT2D eigenvalue weighted by molar-refractivity contribution is 0.0425. The smallest absolute Gasteiger partial charge is 0.237 e. The van der Waals surface area contributed by atoms with Crippen LogP contribution >= 0.6 is 0 Å². The van der Waals surface area contributed by atoms with Crippen LogP contribution < -0.4 is 10.1 Å². The quantitative estimate of drug-likeness (QED) is 0.872. The van der Waals surface area contributed by atoms with Crippen molar-refractivity contribution in [2.75, 3.05) is 27.2 Å².